The highest BCUT2D eigenvalue weighted by molar-refractivity contribution is 5.74. The summed E-state index contributed by atoms with van der Waals surface area (Å²) in [5.74, 6) is -0.279. The molecular formula is C19H21FN2O2. The zero-order valence-electron chi connectivity index (χ0n) is 13.7. The SMILES string of the molecule is Cc1ccc(C2CN(C(=O)NCc3ccc(F)cc3)CCO2)cc1. The van der Waals surface area contributed by atoms with Gasteiger partial charge in [0, 0.05) is 13.1 Å². The van der Waals surface area contributed by atoms with Gasteiger partial charge >= 0.3 is 6.03 Å². The third kappa shape index (κ3) is 4.11. The quantitative estimate of drug-likeness (QED) is 0.938. The summed E-state index contributed by atoms with van der Waals surface area (Å²) in [7, 11) is 0. The minimum atomic E-state index is -0.279. The first kappa shape index (κ1) is 16.5. The standard InChI is InChI=1S/C19H21FN2O2/c1-14-2-6-16(7-3-14)18-13-22(10-11-24-18)19(23)21-12-15-4-8-17(20)9-5-15/h2-9,18H,10-13H2,1H3,(H,21,23). The lowest BCUT2D eigenvalue weighted by Gasteiger charge is -2.33. The predicted octanol–water partition coefficient (Wildman–Crippen LogP) is 3.42. The molecule has 0 spiro atoms. The van der Waals surface area contributed by atoms with Gasteiger partial charge in [0.15, 0.2) is 0 Å². The molecule has 2 amide bonds. The van der Waals surface area contributed by atoms with E-state index in [0.717, 1.165) is 11.1 Å². The van der Waals surface area contributed by atoms with Crippen LogP contribution in [0.25, 0.3) is 0 Å². The summed E-state index contributed by atoms with van der Waals surface area (Å²) in [4.78, 5) is 14.1. The molecule has 2 aromatic rings. The first-order valence-electron chi connectivity index (χ1n) is 8.07. The maximum Gasteiger partial charge on any atom is 0.317 e. The number of amides is 2. The summed E-state index contributed by atoms with van der Waals surface area (Å²) in [6, 6.07) is 14.2. The molecule has 2 aromatic carbocycles. The minimum Gasteiger partial charge on any atom is -0.370 e. The van der Waals surface area contributed by atoms with Crippen LogP contribution in [0.1, 0.15) is 22.8 Å². The summed E-state index contributed by atoms with van der Waals surface area (Å²) in [5.41, 5.74) is 3.15. The van der Waals surface area contributed by atoms with E-state index in [2.05, 4.69) is 5.32 Å². The topological polar surface area (TPSA) is 41.6 Å². The molecule has 126 valence electrons. The maximum absolute atomic E-state index is 12.9. The highest BCUT2D eigenvalue weighted by Gasteiger charge is 2.25. The molecule has 1 atom stereocenters. The summed E-state index contributed by atoms with van der Waals surface area (Å²) in [6.07, 6.45) is -0.101. The van der Waals surface area contributed by atoms with Crippen molar-refractivity contribution >= 4 is 6.03 Å². The van der Waals surface area contributed by atoms with Crippen molar-refractivity contribution in [2.45, 2.75) is 19.6 Å². The highest BCUT2D eigenvalue weighted by Crippen LogP contribution is 2.22. The fraction of sp³-hybridized carbons (Fsp3) is 0.316. The highest BCUT2D eigenvalue weighted by atomic mass is 19.1. The van der Waals surface area contributed by atoms with Crippen molar-refractivity contribution in [3.63, 3.8) is 0 Å². The number of nitrogens with zero attached hydrogens (tertiary/aromatic N) is 1. The Labute approximate surface area is 141 Å². The molecule has 3 rings (SSSR count). The lowest BCUT2D eigenvalue weighted by atomic mass is 10.1. The second kappa shape index (κ2) is 7.45. The zero-order valence-corrected chi connectivity index (χ0v) is 13.7. The lowest BCUT2D eigenvalue weighted by molar-refractivity contribution is -0.0154. The number of hydrogen-bond donors (Lipinski definition) is 1. The molecule has 0 aliphatic carbocycles. The molecule has 0 aromatic heterocycles. The Morgan fingerprint density at radius 3 is 2.62 bits per heavy atom. The van der Waals surface area contributed by atoms with E-state index in [1.54, 1.807) is 17.0 Å². The van der Waals surface area contributed by atoms with Crippen LogP contribution in [0.3, 0.4) is 0 Å². The van der Waals surface area contributed by atoms with Crippen LogP contribution in [0.2, 0.25) is 0 Å². The van der Waals surface area contributed by atoms with E-state index in [9.17, 15) is 9.18 Å². The van der Waals surface area contributed by atoms with Gasteiger partial charge in [-0.1, -0.05) is 42.0 Å². The molecule has 24 heavy (non-hydrogen) atoms. The van der Waals surface area contributed by atoms with E-state index >= 15 is 0 Å². The Hall–Kier alpha value is -2.40. The molecule has 1 unspecified atom stereocenters. The van der Waals surface area contributed by atoms with Crippen molar-refractivity contribution in [1.29, 1.82) is 0 Å². The summed E-state index contributed by atoms with van der Waals surface area (Å²) >= 11 is 0. The monoisotopic (exact) mass is 328 g/mol. The minimum absolute atomic E-state index is 0.101. The number of benzene rings is 2. The normalized spacial score (nSPS) is 17.6. The van der Waals surface area contributed by atoms with Crippen LogP contribution in [0.15, 0.2) is 48.5 Å². The Balaban J connectivity index is 1.56. The molecule has 1 heterocycles. The van der Waals surface area contributed by atoms with Gasteiger partial charge in [-0.2, -0.15) is 0 Å². The molecule has 0 radical (unpaired) electrons. The molecule has 4 nitrogen and oxygen atoms in total. The van der Waals surface area contributed by atoms with Gasteiger partial charge in [-0.25, -0.2) is 9.18 Å². The molecule has 1 aliphatic rings. The number of halogens is 1. The van der Waals surface area contributed by atoms with E-state index in [0.29, 0.717) is 26.2 Å². The van der Waals surface area contributed by atoms with Crippen LogP contribution in [-0.2, 0) is 11.3 Å². The van der Waals surface area contributed by atoms with Gasteiger partial charge in [-0.3, -0.25) is 0 Å². The van der Waals surface area contributed by atoms with Crippen LogP contribution in [0.5, 0.6) is 0 Å². The number of nitrogens with one attached hydrogen (secondary N) is 1. The molecule has 1 aliphatic heterocycles. The number of ether oxygens (including phenoxy) is 1. The van der Waals surface area contributed by atoms with Crippen LogP contribution in [0.4, 0.5) is 9.18 Å². The summed E-state index contributed by atoms with van der Waals surface area (Å²) in [5, 5.41) is 2.88. The van der Waals surface area contributed by atoms with Crippen molar-refractivity contribution in [2.24, 2.45) is 0 Å². The lowest BCUT2D eigenvalue weighted by Crippen LogP contribution is -2.46. The average Bonchev–Trinajstić information content (AvgIpc) is 2.62. The Kier molecular flexibility index (Phi) is 5.11. The third-order valence-corrected chi connectivity index (χ3v) is 4.16. The number of urea groups is 1. The summed E-state index contributed by atoms with van der Waals surface area (Å²) < 4.78 is 18.7. The number of hydrogen-bond acceptors (Lipinski definition) is 2. The number of carbonyl (C=O) groups is 1. The molecule has 1 N–H and O–H groups in total. The molecule has 5 heteroatoms. The first-order chi connectivity index (χ1) is 11.6. The number of carbonyl (C=O) groups excluding carboxylic acids is 1. The van der Waals surface area contributed by atoms with Gasteiger partial charge in [0.05, 0.1) is 13.2 Å². The summed E-state index contributed by atoms with van der Waals surface area (Å²) in [6.45, 7) is 4.03. The van der Waals surface area contributed by atoms with Crippen molar-refractivity contribution in [2.75, 3.05) is 19.7 Å². The molecule has 0 saturated carbocycles. The smallest absolute Gasteiger partial charge is 0.317 e. The fourth-order valence-corrected chi connectivity index (χ4v) is 2.71. The van der Waals surface area contributed by atoms with Crippen molar-refractivity contribution in [3.8, 4) is 0 Å². The first-order valence-corrected chi connectivity index (χ1v) is 8.07. The van der Waals surface area contributed by atoms with Crippen LogP contribution >= 0.6 is 0 Å². The zero-order chi connectivity index (χ0) is 16.9. The van der Waals surface area contributed by atoms with Crippen molar-refractivity contribution < 1.29 is 13.9 Å². The van der Waals surface area contributed by atoms with Gasteiger partial charge in [0.25, 0.3) is 0 Å². The van der Waals surface area contributed by atoms with E-state index < -0.39 is 0 Å². The number of aryl methyl sites for hydroxylation is 1. The average molecular weight is 328 g/mol. The van der Waals surface area contributed by atoms with E-state index in [4.69, 9.17) is 4.74 Å². The predicted molar refractivity (Wildman–Crippen MR) is 90.1 cm³/mol. The largest absolute Gasteiger partial charge is 0.370 e. The molecular weight excluding hydrogens is 307 g/mol. The Morgan fingerprint density at radius 1 is 1.21 bits per heavy atom. The van der Waals surface area contributed by atoms with Crippen LogP contribution < -0.4 is 5.32 Å². The number of rotatable bonds is 3. The van der Waals surface area contributed by atoms with E-state index in [1.165, 1.54) is 17.7 Å². The Bertz CT molecular complexity index is 686. The van der Waals surface area contributed by atoms with E-state index in [-0.39, 0.29) is 18.0 Å². The van der Waals surface area contributed by atoms with Gasteiger partial charge in [0.2, 0.25) is 0 Å². The Morgan fingerprint density at radius 2 is 1.92 bits per heavy atom. The van der Waals surface area contributed by atoms with Gasteiger partial charge in [0.1, 0.15) is 11.9 Å². The molecule has 0 bridgehead atoms. The van der Waals surface area contributed by atoms with Crippen molar-refractivity contribution in [1.82, 2.24) is 10.2 Å². The molecule has 1 fully saturated rings. The van der Waals surface area contributed by atoms with Crippen LogP contribution in [-0.4, -0.2) is 30.6 Å². The van der Waals surface area contributed by atoms with Gasteiger partial charge in [-0.15, -0.1) is 0 Å². The maximum atomic E-state index is 12.9. The second-order valence-corrected chi connectivity index (χ2v) is 6.00. The van der Waals surface area contributed by atoms with Crippen molar-refractivity contribution in [3.05, 3.63) is 71.0 Å². The fourth-order valence-electron chi connectivity index (χ4n) is 2.71. The number of morpholine rings is 1. The third-order valence-electron chi connectivity index (χ3n) is 4.16. The molecule has 1 saturated heterocycles. The van der Waals surface area contributed by atoms with Gasteiger partial charge in [-0.05, 0) is 30.2 Å². The van der Waals surface area contributed by atoms with E-state index in [1.807, 2.05) is 31.2 Å². The van der Waals surface area contributed by atoms with Crippen LogP contribution in [0, 0.1) is 12.7 Å². The second-order valence-electron chi connectivity index (χ2n) is 6.00. The van der Waals surface area contributed by atoms with Gasteiger partial charge < -0.3 is 15.0 Å².